The maximum Gasteiger partial charge on any atom is 0.490 e. The SMILES string of the molecule is Cc1ccc(C(C)(C)C(NCc2ccc3c(c2)CN(C2CCC(=O)NC2=O)C3=O)c2nnnn2C2CCCC2)cc1.O=C(O)C(F)(F)F. The van der Waals surface area contributed by atoms with Crippen molar-refractivity contribution in [3.05, 3.63) is 76.1 Å². The molecule has 3 aromatic rings. The molecule has 2 unspecified atom stereocenters. The van der Waals surface area contributed by atoms with Crippen molar-refractivity contribution in [2.75, 3.05) is 0 Å². The number of aromatic nitrogens is 4. The number of carbonyl (C=O) groups excluding carboxylic acids is 3. The lowest BCUT2D eigenvalue weighted by Crippen LogP contribution is -2.52. The summed E-state index contributed by atoms with van der Waals surface area (Å²) < 4.78 is 33.8. The minimum Gasteiger partial charge on any atom is -0.475 e. The van der Waals surface area contributed by atoms with E-state index in [0.717, 1.165) is 29.8 Å². The van der Waals surface area contributed by atoms with Crippen LogP contribution in [0.1, 0.15) is 103 Å². The highest BCUT2D eigenvalue weighted by Gasteiger charge is 2.41. The Bertz CT molecular complexity index is 1680. The Labute approximate surface area is 275 Å². The lowest BCUT2D eigenvalue weighted by atomic mass is 9.76. The first-order valence-electron chi connectivity index (χ1n) is 15.8. The molecule has 1 aromatic heterocycles. The third-order valence-electron chi connectivity index (χ3n) is 9.31. The van der Waals surface area contributed by atoms with Crippen LogP contribution >= 0.6 is 0 Å². The predicted octanol–water partition coefficient (Wildman–Crippen LogP) is 4.30. The molecule has 48 heavy (non-hydrogen) atoms. The molecular formula is C33H38F3N7O5. The number of imide groups is 1. The molecule has 1 saturated heterocycles. The monoisotopic (exact) mass is 669 g/mol. The topological polar surface area (TPSA) is 159 Å². The molecule has 3 heterocycles. The van der Waals surface area contributed by atoms with Crippen LogP contribution in [0.3, 0.4) is 0 Å². The van der Waals surface area contributed by atoms with Crippen LogP contribution in [-0.2, 0) is 32.9 Å². The van der Waals surface area contributed by atoms with Gasteiger partial charge in [0.1, 0.15) is 6.04 Å². The van der Waals surface area contributed by atoms with Crippen LogP contribution in [0.2, 0.25) is 0 Å². The number of aliphatic carboxylic acids is 1. The number of amides is 3. The van der Waals surface area contributed by atoms with E-state index in [2.05, 4.69) is 71.2 Å². The molecular weight excluding hydrogens is 631 g/mol. The molecule has 1 saturated carbocycles. The van der Waals surface area contributed by atoms with E-state index in [0.29, 0.717) is 31.1 Å². The molecule has 3 amide bonds. The van der Waals surface area contributed by atoms with Gasteiger partial charge in [0.25, 0.3) is 5.91 Å². The molecule has 0 bridgehead atoms. The van der Waals surface area contributed by atoms with Crippen molar-refractivity contribution in [2.24, 2.45) is 0 Å². The number of hydrogen-bond donors (Lipinski definition) is 3. The zero-order valence-electron chi connectivity index (χ0n) is 26.9. The molecule has 3 aliphatic rings. The second-order valence-corrected chi connectivity index (χ2v) is 13.0. The number of carboxylic acid groups (broad SMARTS) is 1. The first kappa shape index (κ1) is 34.7. The average molecular weight is 670 g/mol. The molecule has 15 heteroatoms. The van der Waals surface area contributed by atoms with Crippen molar-refractivity contribution in [1.29, 1.82) is 0 Å². The van der Waals surface area contributed by atoms with Crippen LogP contribution in [-0.4, -0.2) is 66.1 Å². The van der Waals surface area contributed by atoms with Gasteiger partial charge in [-0.25, -0.2) is 9.48 Å². The number of tetrazole rings is 1. The Kier molecular flexibility index (Phi) is 9.99. The third-order valence-corrected chi connectivity index (χ3v) is 9.31. The first-order valence-corrected chi connectivity index (χ1v) is 15.8. The molecule has 0 spiro atoms. The number of aryl methyl sites for hydroxylation is 1. The van der Waals surface area contributed by atoms with E-state index < -0.39 is 24.1 Å². The fourth-order valence-corrected chi connectivity index (χ4v) is 6.58. The van der Waals surface area contributed by atoms with Crippen LogP contribution in [0.15, 0.2) is 42.5 Å². The summed E-state index contributed by atoms with van der Waals surface area (Å²) in [4.78, 5) is 47.7. The third kappa shape index (κ3) is 7.40. The Morgan fingerprint density at radius 1 is 1.06 bits per heavy atom. The summed E-state index contributed by atoms with van der Waals surface area (Å²) in [7, 11) is 0. The number of piperidine rings is 1. The number of nitrogens with zero attached hydrogens (tertiary/aromatic N) is 5. The number of hydrogen-bond acceptors (Lipinski definition) is 8. The van der Waals surface area contributed by atoms with Gasteiger partial charge in [-0.3, -0.25) is 19.7 Å². The summed E-state index contributed by atoms with van der Waals surface area (Å²) in [5, 5.41) is 26.4. The first-order chi connectivity index (χ1) is 22.7. The van der Waals surface area contributed by atoms with E-state index in [1.807, 2.05) is 22.9 Å². The van der Waals surface area contributed by atoms with Crippen molar-refractivity contribution in [2.45, 2.75) is 102 Å². The molecule has 2 aliphatic heterocycles. The van der Waals surface area contributed by atoms with E-state index >= 15 is 0 Å². The van der Waals surface area contributed by atoms with Gasteiger partial charge in [-0.15, -0.1) is 5.10 Å². The Morgan fingerprint density at radius 2 is 1.73 bits per heavy atom. The van der Waals surface area contributed by atoms with Crippen LogP contribution in [0.25, 0.3) is 0 Å². The molecule has 0 radical (unpaired) electrons. The van der Waals surface area contributed by atoms with Gasteiger partial charge in [0.05, 0.1) is 12.1 Å². The summed E-state index contributed by atoms with van der Waals surface area (Å²) in [5.74, 6) is -2.77. The number of nitrogens with one attached hydrogen (secondary N) is 2. The summed E-state index contributed by atoms with van der Waals surface area (Å²) in [5.41, 5.74) is 4.62. The molecule has 2 atom stereocenters. The zero-order chi connectivity index (χ0) is 34.8. The summed E-state index contributed by atoms with van der Waals surface area (Å²) >= 11 is 0. The quantitative estimate of drug-likeness (QED) is 0.297. The number of carbonyl (C=O) groups is 4. The van der Waals surface area contributed by atoms with Gasteiger partial charge in [-0.05, 0) is 59.4 Å². The van der Waals surface area contributed by atoms with Crippen molar-refractivity contribution in [3.8, 4) is 0 Å². The second kappa shape index (κ2) is 13.8. The van der Waals surface area contributed by atoms with Crippen LogP contribution in [0.5, 0.6) is 0 Å². The van der Waals surface area contributed by atoms with Crippen molar-refractivity contribution in [3.63, 3.8) is 0 Å². The highest BCUT2D eigenvalue weighted by atomic mass is 19.4. The number of alkyl halides is 3. The van der Waals surface area contributed by atoms with Crippen molar-refractivity contribution >= 4 is 23.7 Å². The van der Waals surface area contributed by atoms with E-state index in [1.54, 1.807) is 4.90 Å². The van der Waals surface area contributed by atoms with Crippen LogP contribution < -0.4 is 10.6 Å². The lowest BCUT2D eigenvalue weighted by molar-refractivity contribution is -0.192. The van der Waals surface area contributed by atoms with Crippen LogP contribution in [0.4, 0.5) is 13.2 Å². The fourth-order valence-electron chi connectivity index (χ4n) is 6.58. The normalized spacial score (nSPS) is 19.1. The van der Waals surface area contributed by atoms with E-state index in [1.165, 1.54) is 24.0 Å². The summed E-state index contributed by atoms with van der Waals surface area (Å²) in [6.07, 6.45) is 0.0468. The highest BCUT2D eigenvalue weighted by Crippen LogP contribution is 2.39. The minimum absolute atomic E-state index is 0.164. The maximum atomic E-state index is 13.2. The van der Waals surface area contributed by atoms with E-state index in [9.17, 15) is 27.6 Å². The van der Waals surface area contributed by atoms with Gasteiger partial charge in [-0.2, -0.15) is 13.2 Å². The van der Waals surface area contributed by atoms with Crippen LogP contribution in [0, 0.1) is 6.92 Å². The molecule has 1 aliphatic carbocycles. The number of halogens is 3. The smallest absolute Gasteiger partial charge is 0.475 e. The molecule has 6 rings (SSSR count). The Balaban J connectivity index is 0.000000582. The highest BCUT2D eigenvalue weighted by molar-refractivity contribution is 6.05. The van der Waals surface area contributed by atoms with Gasteiger partial charge in [0.15, 0.2) is 5.82 Å². The number of carboxylic acids is 1. The van der Waals surface area contributed by atoms with E-state index in [4.69, 9.17) is 9.90 Å². The van der Waals surface area contributed by atoms with Gasteiger partial charge >= 0.3 is 12.1 Å². The Hall–Kier alpha value is -4.66. The predicted molar refractivity (Wildman–Crippen MR) is 165 cm³/mol. The summed E-state index contributed by atoms with van der Waals surface area (Å²) in [6.45, 7) is 7.45. The van der Waals surface area contributed by atoms with Crippen molar-refractivity contribution < 1.29 is 37.5 Å². The zero-order valence-corrected chi connectivity index (χ0v) is 26.9. The van der Waals surface area contributed by atoms with Gasteiger partial charge in [0, 0.05) is 30.5 Å². The number of fused-ring (bicyclic) bond motifs is 1. The largest absolute Gasteiger partial charge is 0.490 e. The molecule has 2 aromatic carbocycles. The van der Waals surface area contributed by atoms with Gasteiger partial charge in [-0.1, -0.05) is 68.7 Å². The fraction of sp³-hybridized carbons (Fsp3) is 0.485. The average Bonchev–Trinajstić information content (AvgIpc) is 3.78. The van der Waals surface area contributed by atoms with E-state index in [-0.39, 0.29) is 29.7 Å². The molecule has 256 valence electrons. The maximum absolute atomic E-state index is 13.2. The molecule has 2 fully saturated rings. The lowest BCUT2D eigenvalue weighted by Gasteiger charge is -2.35. The number of benzene rings is 2. The van der Waals surface area contributed by atoms with Gasteiger partial charge < -0.3 is 15.3 Å². The second-order valence-electron chi connectivity index (χ2n) is 13.0. The Morgan fingerprint density at radius 3 is 2.35 bits per heavy atom. The molecule has 3 N–H and O–H groups in total. The van der Waals surface area contributed by atoms with Gasteiger partial charge in [0.2, 0.25) is 11.8 Å². The number of rotatable bonds is 8. The standard InChI is InChI=1S/C31H37N7O3.C2HF3O2/c1-19-8-11-22(12-9-19)31(2,3)27(28-34-35-36-38(28)23-6-4-5-7-23)32-17-20-10-13-24-21(16-20)18-37(30(24)41)25-14-15-26(39)33-29(25)40;3-2(4,5)1(6)7/h8-13,16,23,25,27,32H,4-7,14-15,17-18H2,1-3H3,(H,33,39,40);(H,6,7). The molecule has 12 nitrogen and oxygen atoms in total. The van der Waals surface area contributed by atoms with Crippen molar-refractivity contribution in [1.82, 2.24) is 35.7 Å². The summed E-state index contributed by atoms with van der Waals surface area (Å²) in [6, 6.07) is 14.0. The minimum atomic E-state index is -5.08.